The summed E-state index contributed by atoms with van der Waals surface area (Å²) >= 11 is 7.36. The highest BCUT2D eigenvalue weighted by Crippen LogP contribution is 2.28. The average molecular weight is 264 g/mol. The molecule has 1 N–H and O–H groups in total. The summed E-state index contributed by atoms with van der Waals surface area (Å²) in [6.07, 6.45) is 1.03. The second-order valence-electron chi connectivity index (χ2n) is 3.98. The van der Waals surface area contributed by atoms with Crippen molar-refractivity contribution in [2.45, 2.75) is 6.42 Å². The Hall–Kier alpha value is -1.32. The quantitative estimate of drug-likeness (QED) is 0.839. The second kappa shape index (κ2) is 4.17. The maximum atomic E-state index is 12.2. The van der Waals surface area contributed by atoms with Gasteiger partial charge in [0.1, 0.15) is 0 Å². The van der Waals surface area contributed by atoms with E-state index in [2.05, 4.69) is 5.32 Å². The number of carbonyl (C=O) groups is 1. The van der Waals surface area contributed by atoms with Crippen molar-refractivity contribution in [1.82, 2.24) is 0 Å². The van der Waals surface area contributed by atoms with E-state index in [1.165, 1.54) is 16.9 Å². The smallest absolute Gasteiger partial charge is 0.204 e. The maximum absolute atomic E-state index is 12.2. The number of hydrogen-bond donors (Lipinski definition) is 1. The number of benzene rings is 1. The van der Waals surface area contributed by atoms with Gasteiger partial charge in [0.25, 0.3) is 0 Å². The molecule has 17 heavy (non-hydrogen) atoms. The van der Waals surface area contributed by atoms with Gasteiger partial charge in [-0.25, -0.2) is 0 Å². The van der Waals surface area contributed by atoms with Crippen LogP contribution in [0.4, 0.5) is 5.69 Å². The van der Waals surface area contributed by atoms with Crippen LogP contribution in [0.2, 0.25) is 5.02 Å². The van der Waals surface area contributed by atoms with Crippen molar-refractivity contribution in [3.8, 4) is 0 Å². The molecule has 1 aliphatic rings. The molecule has 86 valence electrons. The first-order valence-corrected chi connectivity index (χ1v) is 6.66. The van der Waals surface area contributed by atoms with Crippen LogP contribution in [0.25, 0.3) is 0 Å². The Labute approximate surface area is 108 Å². The van der Waals surface area contributed by atoms with Gasteiger partial charge in [-0.05, 0) is 29.5 Å². The molecule has 0 amide bonds. The lowest BCUT2D eigenvalue weighted by molar-refractivity contribution is 0.104. The van der Waals surface area contributed by atoms with E-state index < -0.39 is 0 Å². The first-order valence-electron chi connectivity index (χ1n) is 5.40. The number of fused-ring (bicyclic) bond motifs is 1. The molecule has 0 saturated heterocycles. The highest BCUT2D eigenvalue weighted by atomic mass is 35.5. The van der Waals surface area contributed by atoms with Crippen molar-refractivity contribution in [3.05, 3.63) is 50.7 Å². The van der Waals surface area contributed by atoms with E-state index in [0.717, 1.165) is 18.7 Å². The Kier molecular flexibility index (Phi) is 2.65. The largest absolute Gasteiger partial charge is 0.384 e. The minimum Gasteiger partial charge on any atom is -0.384 e. The first kappa shape index (κ1) is 10.8. The Morgan fingerprint density at radius 1 is 1.35 bits per heavy atom. The molecule has 0 atom stereocenters. The number of hydrogen-bond acceptors (Lipinski definition) is 3. The van der Waals surface area contributed by atoms with Crippen LogP contribution in [0.15, 0.2) is 29.6 Å². The third kappa shape index (κ3) is 1.85. The van der Waals surface area contributed by atoms with Crippen LogP contribution < -0.4 is 5.32 Å². The van der Waals surface area contributed by atoms with Gasteiger partial charge in [-0.1, -0.05) is 23.7 Å². The summed E-state index contributed by atoms with van der Waals surface area (Å²) in [5, 5.41) is 5.64. The first-order chi connectivity index (χ1) is 8.25. The standard InChI is InChI=1S/C13H10ClNOS/c14-10-4-6-17-13(10)12(16)9-2-1-8-3-5-15-11(8)7-9/h1-2,4,6-7,15H,3,5H2. The van der Waals surface area contributed by atoms with Gasteiger partial charge in [0.05, 0.1) is 9.90 Å². The van der Waals surface area contributed by atoms with E-state index in [-0.39, 0.29) is 5.78 Å². The molecule has 0 spiro atoms. The fourth-order valence-electron chi connectivity index (χ4n) is 2.02. The number of halogens is 1. The zero-order chi connectivity index (χ0) is 11.8. The summed E-state index contributed by atoms with van der Waals surface area (Å²) in [7, 11) is 0. The monoisotopic (exact) mass is 263 g/mol. The summed E-state index contributed by atoms with van der Waals surface area (Å²) in [6, 6.07) is 7.57. The summed E-state index contributed by atoms with van der Waals surface area (Å²) in [6.45, 7) is 0.951. The predicted octanol–water partition coefficient (Wildman–Crippen LogP) is 3.60. The van der Waals surface area contributed by atoms with Crippen molar-refractivity contribution in [1.29, 1.82) is 0 Å². The van der Waals surface area contributed by atoms with Crippen LogP contribution in [0.5, 0.6) is 0 Å². The molecule has 0 unspecified atom stereocenters. The van der Waals surface area contributed by atoms with Gasteiger partial charge >= 0.3 is 0 Å². The predicted molar refractivity (Wildman–Crippen MR) is 71.4 cm³/mol. The number of ketones is 1. The Morgan fingerprint density at radius 2 is 2.24 bits per heavy atom. The van der Waals surface area contributed by atoms with Crippen LogP contribution in [-0.4, -0.2) is 12.3 Å². The maximum Gasteiger partial charge on any atom is 0.204 e. The molecule has 2 heterocycles. The van der Waals surface area contributed by atoms with Crippen LogP contribution >= 0.6 is 22.9 Å². The summed E-state index contributed by atoms with van der Waals surface area (Å²) in [4.78, 5) is 12.8. The van der Waals surface area contributed by atoms with Crippen LogP contribution in [0.3, 0.4) is 0 Å². The van der Waals surface area contributed by atoms with Gasteiger partial charge in [-0.3, -0.25) is 4.79 Å². The molecule has 4 heteroatoms. The molecular formula is C13H10ClNOS. The lowest BCUT2D eigenvalue weighted by atomic mass is 10.1. The molecule has 0 radical (unpaired) electrons. The molecule has 0 aliphatic carbocycles. The minimum atomic E-state index is 0.00139. The Morgan fingerprint density at radius 3 is 3.00 bits per heavy atom. The van der Waals surface area contributed by atoms with E-state index in [4.69, 9.17) is 11.6 Å². The second-order valence-corrected chi connectivity index (χ2v) is 5.30. The third-order valence-electron chi connectivity index (χ3n) is 2.91. The van der Waals surface area contributed by atoms with E-state index >= 15 is 0 Å². The van der Waals surface area contributed by atoms with E-state index in [1.807, 2.05) is 23.6 Å². The van der Waals surface area contributed by atoms with Crippen molar-refractivity contribution in [2.24, 2.45) is 0 Å². The van der Waals surface area contributed by atoms with Crippen molar-refractivity contribution < 1.29 is 4.79 Å². The van der Waals surface area contributed by atoms with Crippen molar-refractivity contribution in [3.63, 3.8) is 0 Å². The molecule has 1 aromatic heterocycles. The molecule has 1 aromatic carbocycles. The number of rotatable bonds is 2. The third-order valence-corrected chi connectivity index (χ3v) is 4.25. The van der Waals surface area contributed by atoms with Crippen LogP contribution in [0.1, 0.15) is 20.8 Å². The molecule has 0 bridgehead atoms. The zero-order valence-corrected chi connectivity index (χ0v) is 10.6. The molecule has 0 fully saturated rings. The highest BCUT2D eigenvalue weighted by Gasteiger charge is 2.17. The fourth-order valence-corrected chi connectivity index (χ4v) is 3.12. The molecule has 2 aromatic rings. The van der Waals surface area contributed by atoms with Gasteiger partial charge in [-0.2, -0.15) is 0 Å². The minimum absolute atomic E-state index is 0.00139. The van der Waals surface area contributed by atoms with Gasteiger partial charge in [0, 0.05) is 17.8 Å². The molecule has 3 rings (SSSR count). The molecular weight excluding hydrogens is 254 g/mol. The van der Waals surface area contributed by atoms with Gasteiger partial charge in [-0.15, -0.1) is 11.3 Å². The summed E-state index contributed by atoms with van der Waals surface area (Å²) < 4.78 is 0. The Bertz CT molecular complexity index is 591. The van der Waals surface area contributed by atoms with Gasteiger partial charge < -0.3 is 5.32 Å². The number of anilines is 1. The number of thiophene rings is 1. The van der Waals surface area contributed by atoms with Crippen molar-refractivity contribution in [2.75, 3.05) is 11.9 Å². The fraction of sp³-hybridized carbons (Fsp3) is 0.154. The van der Waals surface area contributed by atoms with Crippen molar-refractivity contribution >= 4 is 34.4 Å². The van der Waals surface area contributed by atoms with Gasteiger partial charge in [0.15, 0.2) is 0 Å². The highest BCUT2D eigenvalue weighted by molar-refractivity contribution is 7.13. The lowest BCUT2D eigenvalue weighted by Gasteiger charge is -2.03. The number of carbonyl (C=O) groups excluding carboxylic acids is 1. The van der Waals surface area contributed by atoms with Crippen LogP contribution in [-0.2, 0) is 6.42 Å². The zero-order valence-electron chi connectivity index (χ0n) is 9.00. The Balaban J connectivity index is 2.00. The topological polar surface area (TPSA) is 29.1 Å². The van der Waals surface area contributed by atoms with E-state index in [1.54, 1.807) is 6.07 Å². The normalized spacial score (nSPS) is 13.2. The van der Waals surface area contributed by atoms with Gasteiger partial charge in [0.2, 0.25) is 5.78 Å². The SMILES string of the molecule is O=C(c1ccc2c(c1)NCC2)c1sccc1Cl. The van der Waals surface area contributed by atoms with E-state index in [9.17, 15) is 4.79 Å². The summed E-state index contributed by atoms with van der Waals surface area (Å²) in [5.74, 6) is 0.00139. The molecule has 0 saturated carbocycles. The lowest BCUT2D eigenvalue weighted by Crippen LogP contribution is -2.00. The molecule has 1 aliphatic heterocycles. The average Bonchev–Trinajstić information content (AvgIpc) is 2.95. The van der Waals surface area contributed by atoms with E-state index in [0.29, 0.717) is 15.5 Å². The number of nitrogens with one attached hydrogen (secondary N) is 1. The summed E-state index contributed by atoms with van der Waals surface area (Å²) in [5.41, 5.74) is 3.05. The molecule has 2 nitrogen and oxygen atoms in total. The van der Waals surface area contributed by atoms with Crippen LogP contribution in [0, 0.1) is 0 Å².